The monoisotopic (exact) mass is 406 g/mol. The van der Waals surface area contributed by atoms with Crippen molar-refractivity contribution in [3.05, 3.63) is 18.0 Å². The Hall–Kier alpha value is 0.170. The van der Waals surface area contributed by atoms with Gasteiger partial charge in [0.1, 0.15) is 0 Å². The van der Waals surface area contributed by atoms with Crippen LogP contribution in [0, 0.1) is 11.3 Å². The van der Waals surface area contributed by atoms with E-state index in [-0.39, 0.29) is 5.41 Å². The molecule has 0 atom stereocenters. The summed E-state index contributed by atoms with van der Waals surface area (Å²) in [7, 11) is 0. The van der Waals surface area contributed by atoms with E-state index in [0.717, 1.165) is 29.9 Å². The maximum Gasteiger partial charge on any atom is 0.0630 e. The van der Waals surface area contributed by atoms with E-state index in [4.69, 9.17) is 5.10 Å². The van der Waals surface area contributed by atoms with Crippen LogP contribution in [0.1, 0.15) is 58.7 Å². The van der Waals surface area contributed by atoms with E-state index in [1.54, 1.807) is 0 Å². The van der Waals surface area contributed by atoms with Crippen molar-refractivity contribution in [3.63, 3.8) is 0 Å². The van der Waals surface area contributed by atoms with Crippen LogP contribution in [0.2, 0.25) is 0 Å². The molecule has 0 N–H and O–H groups in total. The molecule has 0 aromatic carbocycles. The van der Waals surface area contributed by atoms with Crippen LogP contribution in [0.3, 0.4) is 0 Å². The Morgan fingerprint density at radius 2 is 1.80 bits per heavy atom. The Balaban J connectivity index is 2.84. The van der Waals surface area contributed by atoms with Crippen molar-refractivity contribution in [3.8, 4) is 0 Å². The Bertz CT molecular complexity index is 380. The lowest BCUT2D eigenvalue weighted by Gasteiger charge is -2.31. The van der Waals surface area contributed by atoms with Gasteiger partial charge in [-0.2, -0.15) is 5.10 Å². The molecule has 0 aliphatic heterocycles. The summed E-state index contributed by atoms with van der Waals surface area (Å²) in [6.07, 6.45) is 6.68. The molecule has 20 heavy (non-hydrogen) atoms. The van der Waals surface area contributed by atoms with E-state index >= 15 is 0 Å². The number of nitrogens with zero attached hydrogens (tertiary/aromatic N) is 2. The average Bonchev–Trinajstić information content (AvgIpc) is 2.87. The van der Waals surface area contributed by atoms with Crippen LogP contribution < -0.4 is 0 Å². The molecule has 1 aromatic rings. The summed E-state index contributed by atoms with van der Waals surface area (Å²) < 4.78 is 2.15. The fourth-order valence-corrected chi connectivity index (χ4v) is 4.68. The van der Waals surface area contributed by atoms with Crippen molar-refractivity contribution < 1.29 is 0 Å². The first-order valence-electron chi connectivity index (χ1n) is 7.66. The molecular weight excluding hydrogens is 380 g/mol. The van der Waals surface area contributed by atoms with Gasteiger partial charge >= 0.3 is 0 Å². The van der Waals surface area contributed by atoms with Gasteiger partial charge < -0.3 is 0 Å². The lowest BCUT2D eigenvalue weighted by molar-refractivity contribution is 0.299. The minimum absolute atomic E-state index is 0.265. The number of rotatable bonds is 9. The van der Waals surface area contributed by atoms with Gasteiger partial charge in [0.25, 0.3) is 0 Å². The second kappa shape index (κ2) is 8.57. The average molecular weight is 408 g/mol. The summed E-state index contributed by atoms with van der Waals surface area (Å²) in [5, 5.41) is 6.85. The molecule has 0 saturated carbocycles. The Labute approximate surface area is 141 Å². The third kappa shape index (κ3) is 4.87. The maximum absolute atomic E-state index is 4.82. The fraction of sp³-hybridized carbons (Fsp3) is 0.812. The van der Waals surface area contributed by atoms with Crippen LogP contribution in [0.5, 0.6) is 0 Å². The Morgan fingerprint density at radius 3 is 2.25 bits per heavy atom. The lowest BCUT2D eigenvalue weighted by atomic mass is 9.80. The first-order valence-corrected chi connectivity index (χ1v) is 9.90. The van der Waals surface area contributed by atoms with E-state index in [0.29, 0.717) is 12.0 Å². The van der Waals surface area contributed by atoms with Crippen molar-refractivity contribution in [1.29, 1.82) is 0 Å². The van der Waals surface area contributed by atoms with E-state index in [1.165, 1.54) is 12.1 Å². The normalized spacial score (nSPS) is 12.6. The molecule has 0 unspecified atom stereocenters. The molecule has 1 heterocycles. The van der Waals surface area contributed by atoms with Crippen molar-refractivity contribution in [2.24, 2.45) is 11.3 Å². The zero-order chi connectivity index (χ0) is 15.2. The van der Waals surface area contributed by atoms with Gasteiger partial charge in [0.2, 0.25) is 0 Å². The van der Waals surface area contributed by atoms with Gasteiger partial charge in [-0.25, -0.2) is 0 Å². The molecule has 0 aliphatic rings. The molecular formula is C16H28Br2N2. The largest absolute Gasteiger partial charge is 0.269 e. The molecule has 0 aliphatic carbocycles. The second-order valence-electron chi connectivity index (χ2n) is 6.30. The van der Waals surface area contributed by atoms with E-state index in [9.17, 15) is 0 Å². The highest BCUT2D eigenvalue weighted by Crippen LogP contribution is 2.34. The maximum atomic E-state index is 4.82. The van der Waals surface area contributed by atoms with Gasteiger partial charge in [-0.05, 0) is 43.1 Å². The minimum atomic E-state index is 0.265. The number of hydrogen-bond acceptors (Lipinski definition) is 1. The van der Waals surface area contributed by atoms with Crippen LogP contribution in [-0.4, -0.2) is 20.4 Å². The van der Waals surface area contributed by atoms with Gasteiger partial charge in [0, 0.05) is 16.9 Å². The molecule has 116 valence electrons. The topological polar surface area (TPSA) is 17.8 Å². The number of alkyl halides is 2. The standard InChI is InChI=1S/C16H28Br2N2/c1-5-15(6-2)20-8-7-14(19-20)10-16(11-17,12-18)9-13(3)4/h7-8,13,15H,5-6,9-12H2,1-4H3. The van der Waals surface area contributed by atoms with Gasteiger partial charge in [-0.3, -0.25) is 4.68 Å². The predicted octanol–water partition coefficient (Wildman–Crippen LogP) is 5.61. The predicted molar refractivity (Wildman–Crippen MR) is 95.0 cm³/mol. The number of aromatic nitrogens is 2. The molecule has 0 spiro atoms. The van der Waals surface area contributed by atoms with Crippen LogP contribution in [0.25, 0.3) is 0 Å². The van der Waals surface area contributed by atoms with Gasteiger partial charge in [-0.15, -0.1) is 0 Å². The highest BCUT2D eigenvalue weighted by Gasteiger charge is 2.30. The number of halogens is 2. The van der Waals surface area contributed by atoms with E-state index < -0.39 is 0 Å². The van der Waals surface area contributed by atoms with E-state index in [1.807, 2.05) is 0 Å². The molecule has 2 nitrogen and oxygen atoms in total. The van der Waals surface area contributed by atoms with Gasteiger partial charge in [0.05, 0.1) is 11.7 Å². The third-order valence-electron chi connectivity index (χ3n) is 3.94. The molecule has 1 aromatic heterocycles. The summed E-state index contributed by atoms with van der Waals surface area (Å²) in [6.45, 7) is 9.05. The molecule has 0 fully saturated rings. The molecule has 4 heteroatoms. The zero-order valence-electron chi connectivity index (χ0n) is 13.2. The summed E-state index contributed by atoms with van der Waals surface area (Å²) in [4.78, 5) is 0. The first-order chi connectivity index (χ1) is 9.50. The molecule has 0 saturated heterocycles. The first kappa shape index (κ1) is 18.2. The number of hydrogen-bond donors (Lipinski definition) is 0. The molecule has 0 amide bonds. The van der Waals surface area contributed by atoms with E-state index in [2.05, 4.69) is 76.5 Å². The van der Waals surface area contributed by atoms with Crippen molar-refractivity contribution >= 4 is 31.9 Å². The van der Waals surface area contributed by atoms with Crippen molar-refractivity contribution in [2.75, 3.05) is 10.7 Å². The van der Waals surface area contributed by atoms with Gasteiger partial charge in [-0.1, -0.05) is 59.6 Å². The molecule has 0 radical (unpaired) electrons. The van der Waals surface area contributed by atoms with Crippen molar-refractivity contribution in [2.45, 2.75) is 59.4 Å². The Morgan fingerprint density at radius 1 is 1.20 bits per heavy atom. The van der Waals surface area contributed by atoms with Gasteiger partial charge in [0.15, 0.2) is 0 Å². The lowest BCUT2D eigenvalue weighted by Crippen LogP contribution is -2.30. The van der Waals surface area contributed by atoms with Crippen LogP contribution in [-0.2, 0) is 6.42 Å². The molecule has 1 rings (SSSR count). The minimum Gasteiger partial charge on any atom is -0.269 e. The fourth-order valence-electron chi connectivity index (χ4n) is 2.90. The third-order valence-corrected chi connectivity index (χ3v) is 6.32. The summed E-state index contributed by atoms with van der Waals surface area (Å²) in [5.74, 6) is 0.700. The highest BCUT2D eigenvalue weighted by atomic mass is 79.9. The van der Waals surface area contributed by atoms with Crippen LogP contribution in [0.15, 0.2) is 12.3 Å². The SMILES string of the molecule is CCC(CC)n1ccc(CC(CBr)(CBr)CC(C)C)n1. The highest BCUT2D eigenvalue weighted by molar-refractivity contribution is 9.09. The van der Waals surface area contributed by atoms with Crippen molar-refractivity contribution in [1.82, 2.24) is 9.78 Å². The zero-order valence-corrected chi connectivity index (χ0v) is 16.4. The summed E-state index contributed by atoms with van der Waals surface area (Å²) >= 11 is 7.44. The molecule has 0 bridgehead atoms. The summed E-state index contributed by atoms with van der Waals surface area (Å²) in [5.41, 5.74) is 1.48. The second-order valence-corrected chi connectivity index (χ2v) is 7.42. The van der Waals surface area contributed by atoms with Crippen LogP contribution in [0.4, 0.5) is 0 Å². The van der Waals surface area contributed by atoms with Crippen LogP contribution >= 0.6 is 31.9 Å². The summed E-state index contributed by atoms with van der Waals surface area (Å²) in [6, 6.07) is 2.73. The smallest absolute Gasteiger partial charge is 0.0630 e. The quantitative estimate of drug-likeness (QED) is 0.486. The Kier molecular flexibility index (Phi) is 7.81.